The van der Waals surface area contributed by atoms with Crippen molar-refractivity contribution in [3.8, 4) is 11.1 Å². The van der Waals surface area contributed by atoms with Crippen LogP contribution in [0, 0.1) is 11.8 Å². The first-order valence-electron chi connectivity index (χ1n) is 11.8. The van der Waals surface area contributed by atoms with Gasteiger partial charge in [-0.15, -0.1) is 0 Å². The van der Waals surface area contributed by atoms with Crippen molar-refractivity contribution in [1.82, 2.24) is 29.7 Å². The molecule has 0 spiro atoms. The molecule has 2 aliphatic heterocycles. The number of aromatic nitrogens is 3. The highest BCUT2D eigenvalue weighted by molar-refractivity contribution is 5.84. The highest BCUT2D eigenvalue weighted by atomic mass is 16.3. The zero-order valence-corrected chi connectivity index (χ0v) is 19.4. The van der Waals surface area contributed by atoms with E-state index in [1.165, 1.54) is 11.2 Å². The van der Waals surface area contributed by atoms with Gasteiger partial charge < -0.3 is 24.8 Å². The molecule has 4 heterocycles. The molecule has 1 aliphatic carbocycles. The molecular formula is C24H30N6O4. The Hall–Kier alpha value is -3.27. The van der Waals surface area contributed by atoms with Crippen LogP contribution >= 0.6 is 0 Å². The number of pyridine rings is 1. The molecule has 0 radical (unpaired) electrons. The minimum atomic E-state index is -0.640. The van der Waals surface area contributed by atoms with Gasteiger partial charge in [0.05, 0.1) is 23.6 Å². The number of urea groups is 1. The summed E-state index contributed by atoms with van der Waals surface area (Å²) < 4.78 is 1.66. The predicted molar refractivity (Wildman–Crippen MR) is 124 cm³/mol. The van der Waals surface area contributed by atoms with Gasteiger partial charge in [0.25, 0.3) is 5.56 Å². The molecule has 3 amide bonds. The average molecular weight is 467 g/mol. The van der Waals surface area contributed by atoms with Crippen molar-refractivity contribution in [3.63, 3.8) is 0 Å². The lowest BCUT2D eigenvalue weighted by Crippen LogP contribution is -2.53. The maximum absolute atomic E-state index is 13.5. The van der Waals surface area contributed by atoms with Crippen molar-refractivity contribution in [1.29, 1.82) is 0 Å². The van der Waals surface area contributed by atoms with E-state index in [1.54, 1.807) is 42.0 Å². The second kappa shape index (κ2) is 8.83. The van der Waals surface area contributed by atoms with E-state index in [9.17, 15) is 19.5 Å². The number of hydrogen-bond acceptors (Lipinski definition) is 6. The van der Waals surface area contributed by atoms with E-state index in [4.69, 9.17) is 0 Å². The molecule has 2 fully saturated rings. The Bertz CT molecular complexity index is 1140. The van der Waals surface area contributed by atoms with E-state index < -0.39 is 23.9 Å². The van der Waals surface area contributed by atoms with E-state index >= 15 is 0 Å². The molecule has 5 rings (SSSR count). The van der Waals surface area contributed by atoms with E-state index in [1.807, 2.05) is 6.07 Å². The van der Waals surface area contributed by atoms with Gasteiger partial charge in [-0.1, -0.05) is 12.8 Å². The molecule has 2 aromatic rings. The van der Waals surface area contributed by atoms with Crippen LogP contribution in [0.3, 0.4) is 0 Å². The minimum Gasteiger partial charge on any atom is -0.396 e. The third-order valence-electron chi connectivity index (χ3n) is 7.56. The number of nitrogens with zero attached hydrogens (tertiary/aromatic N) is 5. The highest BCUT2D eigenvalue weighted by Crippen LogP contribution is 2.49. The Morgan fingerprint density at radius 1 is 1.18 bits per heavy atom. The monoisotopic (exact) mass is 466 g/mol. The second-order valence-corrected chi connectivity index (χ2v) is 9.67. The fourth-order valence-electron chi connectivity index (χ4n) is 5.94. The average Bonchev–Trinajstić information content (AvgIpc) is 3.43. The molecule has 2 N–H and O–H groups in total. The second-order valence-electron chi connectivity index (χ2n) is 9.67. The summed E-state index contributed by atoms with van der Waals surface area (Å²) in [5, 5.41) is 13.5. The maximum Gasteiger partial charge on any atom is 0.318 e. The number of carbonyl (C=O) groups excluding carboxylic acids is 2. The van der Waals surface area contributed by atoms with Gasteiger partial charge in [0.1, 0.15) is 6.33 Å². The van der Waals surface area contributed by atoms with Gasteiger partial charge in [0.2, 0.25) is 5.91 Å². The maximum atomic E-state index is 13.5. The van der Waals surface area contributed by atoms with E-state index in [0.717, 1.165) is 25.7 Å². The first-order chi connectivity index (χ1) is 16.4. The van der Waals surface area contributed by atoms with Crippen LogP contribution in [-0.2, 0) is 11.3 Å². The van der Waals surface area contributed by atoms with Crippen molar-refractivity contribution in [2.45, 2.75) is 50.4 Å². The topological polar surface area (TPSA) is 121 Å². The number of rotatable bonds is 4. The van der Waals surface area contributed by atoms with E-state index in [0.29, 0.717) is 16.8 Å². The summed E-state index contributed by atoms with van der Waals surface area (Å²) in [5.41, 5.74) is 1.46. The molecule has 180 valence electrons. The summed E-state index contributed by atoms with van der Waals surface area (Å²) in [6.45, 7) is -0.0343. The van der Waals surface area contributed by atoms with Crippen molar-refractivity contribution in [3.05, 3.63) is 46.9 Å². The summed E-state index contributed by atoms with van der Waals surface area (Å²) in [7, 11) is 3.35. The Labute approximate surface area is 197 Å². The number of hydrogen-bond donors (Lipinski definition) is 2. The summed E-state index contributed by atoms with van der Waals surface area (Å²) in [6.07, 6.45) is 8.64. The normalized spacial score (nSPS) is 25.8. The number of fused-ring (bicyclic) bond motifs is 4. The predicted octanol–water partition coefficient (Wildman–Crippen LogP) is 1.01. The van der Waals surface area contributed by atoms with Gasteiger partial charge in [-0.2, -0.15) is 0 Å². The van der Waals surface area contributed by atoms with Crippen LogP contribution in [0.25, 0.3) is 11.1 Å². The van der Waals surface area contributed by atoms with Crippen LogP contribution in [0.15, 0.2) is 35.6 Å². The number of nitrogens with one attached hydrogen (secondary N) is 1. The summed E-state index contributed by atoms with van der Waals surface area (Å²) in [5.74, 6) is -1.28. The van der Waals surface area contributed by atoms with Crippen LogP contribution in [0.2, 0.25) is 0 Å². The molecule has 3 aliphatic rings. The number of aliphatic hydroxyl groups excluding tert-OH is 1. The first kappa shape index (κ1) is 22.5. The molecule has 2 bridgehead atoms. The van der Waals surface area contributed by atoms with Crippen molar-refractivity contribution in [2.75, 3.05) is 20.7 Å². The molecule has 10 heteroatoms. The quantitative estimate of drug-likeness (QED) is 0.694. The summed E-state index contributed by atoms with van der Waals surface area (Å²) in [6, 6.07) is 2.30. The van der Waals surface area contributed by atoms with E-state index in [-0.39, 0.29) is 36.7 Å². The minimum absolute atomic E-state index is 0.118. The third-order valence-corrected chi connectivity index (χ3v) is 7.56. The Morgan fingerprint density at radius 2 is 1.88 bits per heavy atom. The molecule has 0 aromatic carbocycles. The van der Waals surface area contributed by atoms with Crippen LogP contribution in [0.1, 0.15) is 37.4 Å². The fraction of sp³-hybridized carbons (Fsp3) is 0.542. The Balaban J connectivity index is 1.60. The van der Waals surface area contributed by atoms with E-state index in [2.05, 4.69) is 15.3 Å². The van der Waals surface area contributed by atoms with Gasteiger partial charge in [-0.3, -0.25) is 9.59 Å². The molecule has 10 nitrogen and oxygen atoms in total. The van der Waals surface area contributed by atoms with Crippen molar-refractivity contribution >= 4 is 11.9 Å². The SMILES string of the molecule is CN(C)C(=O)[C@@H]1[C@@H](CO)[C@@H]2Cn3c(ccc(-c4cncnc4)c3=O)[C@H]1N2C(=O)NC1CCCC1. The fourth-order valence-corrected chi connectivity index (χ4v) is 5.94. The lowest BCUT2D eigenvalue weighted by atomic mass is 9.86. The largest absolute Gasteiger partial charge is 0.396 e. The van der Waals surface area contributed by atoms with Gasteiger partial charge >= 0.3 is 6.03 Å². The lowest BCUT2D eigenvalue weighted by Gasteiger charge is -2.39. The molecule has 1 saturated carbocycles. The highest BCUT2D eigenvalue weighted by Gasteiger charge is 2.58. The molecule has 1 saturated heterocycles. The Kier molecular flexibility index (Phi) is 5.85. The molecule has 0 unspecified atom stereocenters. The molecular weight excluding hydrogens is 436 g/mol. The molecule has 2 aromatic heterocycles. The lowest BCUT2D eigenvalue weighted by molar-refractivity contribution is -0.135. The van der Waals surface area contributed by atoms with Gasteiger partial charge in [-0.25, -0.2) is 14.8 Å². The smallest absolute Gasteiger partial charge is 0.318 e. The van der Waals surface area contributed by atoms with Crippen molar-refractivity contribution < 1.29 is 14.7 Å². The summed E-state index contributed by atoms with van der Waals surface area (Å²) >= 11 is 0. The van der Waals surface area contributed by atoms with Crippen molar-refractivity contribution in [2.24, 2.45) is 11.8 Å². The molecule has 34 heavy (non-hydrogen) atoms. The number of amides is 3. The van der Waals surface area contributed by atoms with Gasteiger partial charge in [0.15, 0.2) is 0 Å². The zero-order chi connectivity index (χ0) is 24.0. The Morgan fingerprint density at radius 3 is 2.53 bits per heavy atom. The zero-order valence-electron chi connectivity index (χ0n) is 19.4. The molecule has 4 atom stereocenters. The third kappa shape index (κ3) is 3.56. The number of aliphatic hydroxyl groups is 1. The van der Waals surface area contributed by atoms with Gasteiger partial charge in [0, 0.05) is 62.9 Å². The van der Waals surface area contributed by atoms with Crippen LogP contribution in [-0.4, -0.2) is 74.2 Å². The number of carbonyl (C=O) groups is 2. The van der Waals surface area contributed by atoms with Gasteiger partial charge in [-0.05, 0) is 25.0 Å². The van der Waals surface area contributed by atoms with Crippen LogP contribution in [0.5, 0.6) is 0 Å². The summed E-state index contributed by atoms with van der Waals surface area (Å²) in [4.78, 5) is 51.6. The van der Waals surface area contributed by atoms with Crippen LogP contribution < -0.4 is 10.9 Å². The van der Waals surface area contributed by atoms with Crippen LogP contribution in [0.4, 0.5) is 4.79 Å². The first-order valence-corrected chi connectivity index (χ1v) is 11.8. The standard InChI is InChI=1S/C24H30N6O4/c1-28(2)23(33)20-17(12-31)19-11-29-18(8-7-16(22(29)32)14-9-25-13-26-10-14)21(20)30(19)24(34)27-15-5-3-4-6-15/h7-10,13,15,17,19-21,31H,3-6,11-12H2,1-2H3,(H,27,34)/t17-,19-,20+,21+/m0/s1.